The predicted molar refractivity (Wildman–Crippen MR) is 123 cm³/mol. The summed E-state index contributed by atoms with van der Waals surface area (Å²) in [5.41, 5.74) is 1.85. The first kappa shape index (κ1) is 25.2. The van der Waals surface area contributed by atoms with Gasteiger partial charge in [-0.05, 0) is 25.0 Å². The molecular formula is C26H34O8. The minimum absolute atomic E-state index is 0.225. The van der Waals surface area contributed by atoms with Crippen LogP contribution in [0.25, 0.3) is 0 Å². The molecule has 8 heteroatoms. The molecule has 1 saturated heterocycles. The lowest BCUT2D eigenvalue weighted by atomic mass is 9.82. The Kier molecular flexibility index (Phi) is 7.71. The van der Waals surface area contributed by atoms with Gasteiger partial charge in [0.25, 0.3) is 0 Å². The number of hydrogen-bond donors (Lipinski definition) is 2. The lowest BCUT2D eigenvalue weighted by Gasteiger charge is -2.57. The number of rotatable bonds is 8. The van der Waals surface area contributed by atoms with Crippen molar-refractivity contribution in [2.75, 3.05) is 14.2 Å². The molecule has 2 aliphatic rings. The van der Waals surface area contributed by atoms with Crippen molar-refractivity contribution in [2.45, 2.75) is 75.3 Å². The van der Waals surface area contributed by atoms with Gasteiger partial charge in [0.05, 0.1) is 13.2 Å². The fraction of sp³-hybridized carbons (Fsp3) is 0.538. The summed E-state index contributed by atoms with van der Waals surface area (Å²) in [4.78, 5) is 0. The number of fused-ring (bicyclic) bond motifs is 1. The van der Waals surface area contributed by atoms with Crippen LogP contribution in [0, 0.1) is 0 Å². The summed E-state index contributed by atoms with van der Waals surface area (Å²) >= 11 is 0. The third-order valence-corrected chi connectivity index (χ3v) is 6.89. The van der Waals surface area contributed by atoms with E-state index in [2.05, 4.69) is 0 Å². The first-order valence-electron chi connectivity index (χ1n) is 11.4. The highest BCUT2D eigenvalue weighted by Crippen LogP contribution is 2.45. The van der Waals surface area contributed by atoms with Crippen LogP contribution in [0.3, 0.4) is 0 Å². The fourth-order valence-corrected chi connectivity index (χ4v) is 4.54. The Morgan fingerprint density at radius 1 is 0.676 bits per heavy atom. The second kappa shape index (κ2) is 10.4. The first-order valence-corrected chi connectivity index (χ1v) is 11.4. The van der Waals surface area contributed by atoms with Gasteiger partial charge >= 0.3 is 0 Å². The molecule has 1 saturated carbocycles. The molecule has 0 spiro atoms. The SMILES string of the molecule is CO[C@]1(C)O[C@@H]2[C@@H](O[C@@]1(C)OC)[C@H](OCc1ccccc1)[C@@H](O)[C@@H](O)[C@H]2OCc1ccccc1. The van der Waals surface area contributed by atoms with Crippen LogP contribution in [0.5, 0.6) is 0 Å². The number of ether oxygens (including phenoxy) is 6. The average molecular weight is 475 g/mol. The molecule has 34 heavy (non-hydrogen) atoms. The second-order valence-corrected chi connectivity index (χ2v) is 8.97. The van der Waals surface area contributed by atoms with Crippen LogP contribution < -0.4 is 0 Å². The van der Waals surface area contributed by atoms with Gasteiger partial charge in [-0.25, -0.2) is 0 Å². The van der Waals surface area contributed by atoms with Crippen LogP contribution in [0.1, 0.15) is 25.0 Å². The molecule has 0 unspecified atom stereocenters. The summed E-state index contributed by atoms with van der Waals surface area (Å²) in [6.07, 6.45) is -5.93. The van der Waals surface area contributed by atoms with E-state index in [-0.39, 0.29) is 13.2 Å². The van der Waals surface area contributed by atoms with Crippen LogP contribution in [0.2, 0.25) is 0 Å². The molecule has 2 aromatic rings. The Balaban J connectivity index is 1.61. The molecule has 2 N–H and O–H groups in total. The quantitative estimate of drug-likeness (QED) is 0.602. The molecule has 1 aliphatic heterocycles. The van der Waals surface area contributed by atoms with Crippen LogP contribution in [0.4, 0.5) is 0 Å². The largest absolute Gasteiger partial charge is 0.387 e. The van der Waals surface area contributed by atoms with Crippen LogP contribution in [-0.2, 0) is 41.6 Å². The summed E-state index contributed by atoms with van der Waals surface area (Å²) in [6.45, 7) is 3.86. The van der Waals surface area contributed by atoms with E-state index in [1.807, 2.05) is 60.7 Å². The van der Waals surface area contributed by atoms with Gasteiger partial charge < -0.3 is 38.6 Å². The van der Waals surface area contributed by atoms with Gasteiger partial charge in [0.1, 0.15) is 36.6 Å². The molecule has 8 nitrogen and oxygen atoms in total. The van der Waals surface area contributed by atoms with Crippen molar-refractivity contribution in [2.24, 2.45) is 0 Å². The topological polar surface area (TPSA) is 95.8 Å². The van der Waals surface area contributed by atoms with Crippen LogP contribution in [0.15, 0.2) is 60.7 Å². The van der Waals surface area contributed by atoms with Crippen molar-refractivity contribution >= 4 is 0 Å². The zero-order valence-electron chi connectivity index (χ0n) is 20.0. The van der Waals surface area contributed by atoms with Crippen molar-refractivity contribution in [3.8, 4) is 0 Å². The minimum Gasteiger partial charge on any atom is -0.387 e. The van der Waals surface area contributed by atoms with E-state index in [0.29, 0.717) is 0 Å². The molecule has 2 aromatic carbocycles. The van der Waals surface area contributed by atoms with Crippen molar-refractivity contribution in [1.29, 1.82) is 0 Å². The highest BCUT2D eigenvalue weighted by molar-refractivity contribution is 5.15. The Hall–Kier alpha value is -1.88. The smallest absolute Gasteiger partial charge is 0.220 e. The molecule has 0 amide bonds. The molecular weight excluding hydrogens is 440 g/mol. The van der Waals surface area contributed by atoms with Crippen LogP contribution in [-0.4, -0.2) is 72.6 Å². The van der Waals surface area contributed by atoms with E-state index in [0.717, 1.165) is 11.1 Å². The molecule has 8 atom stereocenters. The second-order valence-electron chi connectivity index (χ2n) is 8.97. The third-order valence-electron chi connectivity index (χ3n) is 6.89. The van der Waals surface area contributed by atoms with E-state index < -0.39 is 48.2 Å². The number of aliphatic hydroxyl groups excluding tert-OH is 2. The van der Waals surface area contributed by atoms with E-state index in [1.165, 1.54) is 14.2 Å². The van der Waals surface area contributed by atoms with E-state index in [1.54, 1.807) is 13.8 Å². The predicted octanol–water partition coefficient (Wildman–Crippen LogP) is 2.40. The van der Waals surface area contributed by atoms with E-state index in [4.69, 9.17) is 28.4 Å². The molecule has 0 aromatic heterocycles. The van der Waals surface area contributed by atoms with Crippen molar-refractivity contribution in [1.82, 2.24) is 0 Å². The maximum Gasteiger partial charge on any atom is 0.220 e. The van der Waals surface area contributed by atoms with Gasteiger partial charge in [-0.3, -0.25) is 0 Å². The number of hydrogen-bond acceptors (Lipinski definition) is 8. The first-order chi connectivity index (χ1) is 16.3. The number of aliphatic hydroxyl groups is 2. The number of methoxy groups -OCH3 is 2. The Morgan fingerprint density at radius 3 is 1.35 bits per heavy atom. The Bertz CT molecular complexity index is 836. The fourth-order valence-electron chi connectivity index (χ4n) is 4.54. The summed E-state index contributed by atoms with van der Waals surface area (Å²) in [5, 5.41) is 22.2. The lowest BCUT2D eigenvalue weighted by Crippen LogP contribution is -2.75. The highest BCUT2D eigenvalue weighted by Gasteiger charge is 2.64. The zero-order valence-corrected chi connectivity index (χ0v) is 20.0. The van der Waals surface area contributed by atoms with Gasteiger partial charge in [-0.15, -0.1) is 0 Å². The van der Waals surface area contributed by atoms with Crippen molar-refractivity contribution in [3.05, 3.63) is 71.8 Å². The zero-order chi connectivity index (χ0) is 24.3. The number of benzene rings is 2. The van der Waals surface area contributed by atoms with Gasteiger partial charge in [0.15, 0.2) is 0 Å². The molecule has 2 fully saturated rings. The van der Waals surface area contributed by atoms with E-state index >= 15 is 0 Å². The summed E-state index contributed by atoms with van der Waals surface area (Å²) in [7, 11) is 3.00. The maximum absolute atomic E-state index is 11.1. The summed E-state index contributed by atoms with van der Waals surface area (Å²) in [5.74, 6) is -2.60. The van der Waals surface area contributed by atoms with E-state index in [9.17, 15) is 10.2 Å². The molecule has 186 valence electrons. The highest BCUT2D eigenvalue weighted by atomic mass is 16.8. The summed E-state index contributed by atoms with van der Waals surface area (Å²) < 4.78 is 36.3. The molecule has 0 bridgehead atoms. The maximum atomic E-state index is 11.1. The molecule has 4 rings (SSSR count). The van der Waals surface area contributed by atoms with Crippen LogP contribution >= 0.6 is 0 Å². The molecule has 1 heterocycles. The Morgan fingerprint density at radius 2 is 1.03 bits per heavy atom. The monoisotopic (exact) mass is 474 g/mol. The summed E-state index contributed by atoms with van der Waals surface area (Å²) in [6, 6.07) is 19.2. The van der Waals surface area contributed by atoms with Gasteiger partial charge in [0.2, 0.25) is 11.6 Å². The van der Waals surface area contributed by atoms with Gasteiger partial charge in [-0.1, -0.05) is 60.7 Å². The Labute approximate surface area is 200 Å². The van der Waals surface area contributed by atoms with Crippen molar-refractivity contribution in [3.63, 3.8) is 0 Å². The minimum atomic E-state index is -1.30. The lowest BCUT2D eigenvalue weighted by molar-refractivity contribution is -0.473. The normalized spacial score (nSPS) is 37.8. The molecule has 0 radical (unpaired) electrons. The average Bonchev–Trinajstić information content (AvgIpc) is 2.87. The van der Waals surface area contributed by atoms with Crippen molar-refractivity contribution < 1.29 is 38.6 Å². The standard InChI is InChI=1S/C26H34O8/c1-25(29-3)26(2,30-4)34-24-22(32-16-18-13-9-6-10-14-18)20(28)19(27)21(23(24)33-25)31-15-17-11-7-5-8-12-17/h5-14,19-24,27-28H,15-16H2,1-4H3/t19-,20+,21-,22-,23+,24+,25-,26-/m1/s1. The third kappa shape index (κ3) is 4.78. The molecule has 1 aliphatic carbocycles. The van der Waals surface area contributed by atoms with Gasteiger partial charge in [-0.2, -0.15) is 0 Å². The van der Waals surface area contributed by atoms with Gasteiger partial charge in [0, 0.05) is 14.2 Å².